The Hall–Kier alpha value is -1.29. The fourth-order valence-corrected chi connectivity index (χ4v) is 3.59. The number of thiophene rings is 1. The van der Waals surface area contributed by atoms with E-state index in [1.54, 1.807) is 11.3 Å². The predicted molar refractivity (Wildman–Crippen MR) is 80.9 cm³/mol. The molecule has 4 heteroatoms. The van der Waals surface area contributed by atoms with Gasteiger partial charge >= 0.3 is 0 Å². The van der Waals surface area contributed by atoms with E-state index in [0.29, 0.717) is 12.1 Å². The minimum atomic E-state index is 0.347. The monoisotopic (exact) mass is 275 g/mol. The Labute approximate surface area is 118 Å². The number of anilines is 1. The van der Waals surface area contributed by atoms with E-state index in [-0.39, 0.29) is 0 Å². The van der Waals surface area contributed by atoms with Crippen molar-refractivity contribution in [3.8, 4) is 0 Å². The number of nitrogens with zero attached hydrogens (tertiary/aromatic N) is 2. The van der Waals surface area contributed by atoms with E-state index in [1.165, 1.54) is 37.7 Å². The average molecular weight is 275 g/mol. The summed E-state index contributed by atoms with van der Waals surface area (Å²) in [6.45, 7) is 2.23. The number of rotatable bonds is 4. The van der Waals surface area contributed by atoms with Crippen LogP contribution in [0.5, 0.6) is 0 Å². The summed E-state index contributed by atoms with van der Waals surface area (Å²) in [5.41, 5.74) is 1.36. The molecule has 0 aliphatic heterocycles. The number of imidazole rings is 1. The summed E-state index contributed by atoms with van der Waals surface area (Å²) < 4.78 is 2.25. The molecule has 1 atom stereocenters. The third-order valence-corrected chi connectivity index (χ3v) is 4.75. The molecule has 1 saturated carbocycles. The fourth-order valence-electron chi connectivity index (χ4n) is 2.84. The second-order valence-electron chi connectivity index (χ2n) is 5.37. The maximum Gasteiger partial charge on any atom is 0.203 e. The van der Waals surface area contributed by atoms with Crippen molar-refractivity contribution in [1.29, 1.82) is 0 Å². The van der Waals surface area contributed by atoms with E-state index in [2.05, 4.69) is 44.8 Å². The quantitative estimate of drug-likeness (QED) is 0.901. The summed E-state index contributed by atoms with van der Waals surface area (Å²) in [5.74, 6) is 1.02. The van der Waals surface area contributed by atoms with Crippen molar-refractivity contribution in [1.82, 2.24) is 9.55 Å². The molecule has 2 heterocycles. The molecule has 1 aliphatic rings. The highest BCUT2D eigenvalue weighted by atomic mass is 32.1. The molecule has 0 spiro atoms. The molecule has 0 saturated heterocycles. The summed E-state index contributed by atoms with van der Waals surface area (Å²) in [6, 6.07) is 3.14. The van der Waals surface area contributed by atoms with Crippen LogP contribution in [0.4, 0.5) is 5.95 Å². The van der Waals surface area contributed by atoms with Crippen LogP contribution in [0.15, 0.2) is 29.2 Å². The minimum absolute atomic E-state index is 0.347. The Morgan fingerprint density at radius 1 is 1.37 bits per heavy atom. The first-order valence-corrected chi connectivity index (χ1v) is 8.10. The van der Waals surface area contributed by atoms with Gasteiger partial charge in [-0.3, -0.25) is 0 Å². The molecule has 19 heavy (non-hydrogen) atoms. The van der Waals surface area contributed by atoms with Gasteiger partial charge in [-0.2, -0.15) is 11.3 Å². The molecule has 3 nitrogen and oxygen atoms in total. The average Bonchev–Trinajstić information content (AvgIpc) is 3.10. The Bertz CT molecular complexity index is 497. The van der Waals surface area contributed by atoms with Gasteiger partial charge in [0.1, 0.15) is 0 Å². The molecule has 3 rings (SSSR count). The maximum atomic E-state index is 4.50. The van der Waals surface area contributed by atoms with Crippen molar-refractivity contribution in [3.05, 3.63) is 34.8 Å². The second kappa shape index (κ2) is 5.78. The van der Waals surface area contributed by atoms with Crippen LogP contribution >= 0.6 is 11.3 Å². The lowest BCUT2D eigenvalue weighted by atomic mass is 9.96. The van der Waals surface area contributed by atoms with Crippen LogP contribution in [0.1, 0.15) is 50.6 Å². The molecule has 0 bridgehead atoms. The first kappa shape index (κ1) is 12.7. The van der Waals surface area contributed by atoms with Crippen molar-refractivity contribution in [3.63, 3.8) is 0 Å². The lowest BCUT2D eigenvalue weighted by Gasteiger charge is -2.25. The highest BCUT2D eigenvalue weighted by Crippen LogP contribution is 2.26. The van der Waals surface area contributed by atoms with Gasteiger partial charge in [0.2, 0.25) is 5.95 Å². The van der Waals surface area contributed by atoms with Crippen molar-refractivity contribution in [2.45, 2.75) is 51.1 Å². The summed E-state index contributed by atoms with van der Waals surface area (Å²) in [7, 11) is 0. The predicted octanol–water partition coefficient (Wildman–Crippen LogP) is 4.30. The number of hydrogen-bond acceptors (Lipinski definition) is 3. The number of hydrogen-bond donors (Lipinski definition) is 1. The molecule has 102 valence electrons. The van der Waals surface area contributed by atoms with Crippen LogP contribution in [-0.4, -0.2) is 15.6 Å². The SMILES string of the molecule is CC(c1ccsc1)n1ccnc1NC1CCCCC1. The molecular weight excluding hydrogens is 254 g/mol. The fraction of sp³-hybridized carbons (Fsp3) is 0.533. The Morgan fingerprint density at radius 3 is 2.95 bits per heavy atom. The van der Waals surface area contributed by atoms with Gasteiger partial charge in [-0.05, 0) is 42.2 Å². The van der Waals surface area contributed by atoms with Crippen LogP contribution in [0.2, 0.25) is 0 Å². The van der Waals surface area contributed by atoms with Gasteiger partial charge in [-0.15, -0.1) is 0 Å². The highest BCUT2D eigenvalue weighted by molar-refractivity contribution is 7.07. The molecule has 2 aromatic rings. The van der Waals surface area contributed by atoms with Gasteiger partial charge in [0.05, 0.1) is 6.04 Å². The van der Waals surface area contributed by atoms with Crippen LogP contribution < -0.4 is 5.32 Å². The molecule has 0 amide bonds. The lowest BCUT2D eigenvalue weighted by Crippen LogP contribution is -2.25. The van der Waals surface area contributed by atoms with Crippen LogP contribution in [0, 0.1) is 0 Å². The van der Waals surface area contributed by atoms with Gasteiger partial charge in [-0.25, -0.2) is 4.98 Å². The van der Waals surface area contributed by atoms with Crippen molar-refractivity contribution < 1.29 is 0 Å². The van der Waals surface area contributed by atoms with Gasteiger partial charge < -0.3 is 9.88 Å². The molecule has 1 fully saturated rings. The van der Waals surface area contributed by atoms with E-state index in [0.717, 1.165) is 5.95 Å². The normalized spacial score (nSPS) is 18.4. The Balaban J connectivity index is 1.74. The highest BCUT2D eigenvalue weighted by Gasteiger charge is 2.17. The molecular formula is C15H21N3S. The third-order valence-electron chi connectivity index (χ3n) is 4.05. The zero-order chi connectivity index (χ0) is 13.1. The number of nitrogens with one attached hydrogen (secondary N) is 1. The first-order chi connectivity index (χ1) is 9.34. The first-order valence-electron chi connectivity index (χ1n) is 7.16. The van der Waals surface area contributed by atoms with Crippen molar-refractivity contribution in [2.24, 2.45) is 0 Å². The summed E-state index contributed by atoms with van der Waals surface area (Å²) in [4.78, 5) is 4.50. The van der Waals surface area contributed by atoms with E-state index < -0.39 is 0 Å². The molecule has 1 unspecified atom stereocenters. The molecule has 0 radical (unpaired) electrons. The van der Waals surface area contributed by atoms with Crippen LogP contribution in [0.3, 0.4) is 0 Å². The summed E-state index contributed by atoms with van der Waals surface area (Å²) in [5, 5.41) is 7.98. The zero-order valence-electron chi connectivity index (χ0n) is 11.4. The topological polar surface area (TPSA) is 29.9 Å². The smallest absolute Gasteiger partial charge is 0.203 e. The summed E-state index contributed by atoms with van der Waals surface area (Å²) >= 11 is 1.75. The number of aromatic nitrogens is 2. The van der Waals surface area contributed by atoms with E-state index in [9.17, 15) is 0 Å². The van der Waals surface area contributed by atoms with Gasteiger partial charge in [0.15, 0.2) is 0 Å². The van der Waals surface area contributed by atoms with E-state index in [4.69, 9.17) is 0 Å². The molecule has 1 aliphatic carbocycles. The van der Waals surface area contributed by atoms with Gasteiger partial charge in [-0.1, -0.05) is 19.3 Å². The minimum Gasteiger partial charge on any atom is -0.353 e. The maximum absolute atomic E-state index is 4.50. The molecule has 1 N–H and O–H groups in total. The zero-order valence-corrected chi connectivity index (χ0v) is 12.2. The second-order valence-corrected chi connectivity index (χ2v) is 6.15. The van der Waals surface area contributed by atoms with Crippen molar-refractivity contribution >= 4 is 17.3 Å². The standard InChI is InChI=1S/C15H21N3S/c1-12(13-7-10-19-11-13)18-9-8-16-15(18)17-14-5-3-2-4-6-14/h7-12,14H,2-6H2,1H3,(H,16,17). The summed E-state index contributed by atoms with van der Waals surface area (Å²) in [6.07, 6.45) is 10.6. The Morgan fingerprint density at radius 2 is 2.21 bits per heavy atom. The van der Waals surface area contributed by atoms with Gasteiger partial charge in [0, 0.05) is 18.4 Å². The molecule has 0 aromatic carbocycles. The van der Waals surface area contributed by atoms with Crippen LogP contribution in [-0.2, 0) is 0 Å². The van der Waals surface area contributed by atoms with E-state index in [1.807, 2.05) is 6.20 Å². The van der Waals surface area contributed by atoms with Crippen LogP contribution in [0.25, 0.3) is 0 Å². The lowest BCUT2D eigenvalue weighted by molar-refractivity contribution is 0.458. The van der Waals surface area contributed by atoms with Gasteiger partial charge in [0.25, 0.3) is 0 Å². The largest absolute Gasteiger partial charge is 0.353 e. The van der Waals surface area contributed by atoms with Crippen molar-refractivity contribution in [2.75, 3.05) is 5.32 Å². The Kier molecular flexibility index (Phi) is 3.87. The molecule has 2 aromatic heterocycles. The third kappa shape index (κ3) is 2.84. The van der Waals surface area contributed by atoms with E-state index >= 15 is 0 Å².